The Morgan fingerprint density at radius 2 is 2.00 bits per heavy atom. The summed E-state index contributed by atoms with van der Waals surface area (Å²) in [4.78, 5) is 15.9. The molecule has 2 aromatic heterocycles. The molecule has 0 radical (unpaired) electrons. The maximum atomic E-state index is 12.1. The molecule has 2 N–H and O–H groups in total. The first-order valence-corrected chi connectivity index (χ1v) is 6.89. The van der Waals surface area contributed by atoms with Crippen LogP contribution in [0.2, 0.25) is 15.1 Å². The lowest BCUT2D eigenvalue weighted by Crippen LogP contribution is -2.14. The van der Waals surface area contributed by atoms with E-state index < -0.39 is 5.91 Å². The van der Waals surface area contributed by atoms with Crippen molar-refractivity contribution in [1.82, 2.24) is 15.2 Å². The molecule has 0 aliphatic carbocycles. The van der Waals surface area contributed by atoms with Crippen molar-refractivity contribution in [3.8, 4) is 0 Å². The van der Waals surface area contributed by atoms with Gasteiger partial charge in [-0.3, -0.25) is 9.89 Å². The largest absolute Gasteiger partial charge is 0.304 e. The van der Waals surface area contributed by atoms with E-state index in [1.165, 1.54) is 6.20 Å². The van der Waals surface area contributed by atoms with Gasteiger partial charge in [0.2, 0.25) is 0 Å². The van der Waals surface area contributed by atoms with E-state index in [0.29, 0.717) is 5.82 Å². The van der Waals surface area contributed by atoms with E-state index in [4.69, 9.17) is 34.8 Å². The zero-order valence-corrected chi connectivity index (χ0v) is 12.9. The van der Waals surface area contributed by atoms with Crippen LogP contribution in [0.15, 0.2) is 12.3 Å². The number of nitrogens with one attached hydrogen (secondary N) is 2. The fraction of sp³-hybridized carbons (Fsp3) is 0.250. The summed E-state index contributed by atoms with van der Waals surface area (Å²) in [6, 6.07) is 1.74. The number of rotatable bonds is 3. The zero-order valence-electron chi connectivity index (χ0n) is 10.7. The molecule has 5 nitrogen and oxygen atoms in total. The van der Waals surface area contributed by atoms with Crippen LogP contribution < -0.4 is 5.32 Å². The maximum absolute atomic E-state index is 12.1. The molecule has 0 bridgehead atoms. The van der Waals surface area contributed by atoms with Crippen LogP contribution in [0.3, 0.4) is 0 Å². The van der Waals surface area contributed by atoms with E-state index in [2.05, 4.69) is 20.5 Å². The lowest BCUT2D eigenvalue weighted by atomic mass is 10.1. The number of H-pyrrole nitrogens is 1. The molecule has 2 rings (SSSR count). The Hall–Kier alpha value is -1.30. The highest BCUT2D eigenvalue weighted by atomic mass is 35.5. The molecule has 0 atom stereocenters. The van der Waals surface area contributed by atoms with Crippen molar-refractivity contribution in [1.29, 1.82) is 0 Å². The van der Waals surface area contributed by atoms with Crippen LogP contribution in [0.1, 0.15) is 35.9 Å². The third kappa shape index (κ3) is 3.06. The van der Waals surface area contributed by atoms with Gasteiger partial charge in [0.25, 0.3) is 5.91 Å². The van der Waals surface area contributed by atoms with E-state index in [1.54, 1.807) is 6.07 Å². The molecule has 8 heteroatoms. The number of hydrogen-bond donors (Lipinski definition) is 2. The molecular formula is C12H11Cl3N4O. The van der Waals surface area contributed by atoms with Crippen LogP contribution in [0.5, 0.6) is 0 Å². The fourth-order valence-corrected chi connectivity index (χ4v) is 2.04. The van der Waals surface area contributed by atoms with Crippen LogP contribution >= 0.6 is 34.8 Å². The number of aromatic amines is 1. The summed E-state index contributed by atoms with van der Waals surface area (Å²) >= 11 is 17.6. The van der Waals surface area contributed by atoms with Crippen LogP contribution in [-0.4, -0.2) is 21.1 Å². The molecule has 106 valence electrons. The summed E-state index contributed by atoms with van der Waals surface area (Å²) in [5.74, 6) is 0.165. The Labute approximate surface area is 130 Å². The topological polar surface area (TPSA) is 70.7 Å². The van der Waals surface area contributed by atoms with E-state index >= 15 is 0 Å². The summed E-state index contributed by atoms with van der Waals surface area (Å²) < 4.78 is 0. The standard InChI is InChI=1S/C12H11Cl3N4O/c1-5(2)7-3-8(19-18-7)17-12(20)11-10(15)9(14)6(13)4-16-11/h3-5H,1-2H3,(H2,17,18,19,20). The summed E-state index contributed by atoms with van der Waals surface area (Å²) in [5, 5.41) is 9.70. The van der Waals surface area contributed by atoms with Crippen LogP contribution in [-0.2, 0) is 0 Å². The van der Waals surface area contributed by atoms with Gasteiger partial charge in [0.1, 0.15) is 5.69 Å². The second-order valence-electron chi connectivity index (χ2n) is 4.40. The molecule has 1 amide bonds. The van der Waals surface area contributed by atoms with Gasteiger partial charge in [-0.1, -0.05) is 48.7 Å². The van der Waals surface area contributed by atoms with Crippen LogP contribution in [0.25, 0.3) is 0 Å². The highest BCUT2D eigenvalue weighted by Crippen LogP contribution is 2.31. The van der Waals surface area contributed by atoms with Crippen LogP contribution in [0, 0.1) is 0 Å². The predicted octanol–water partition coefficient (Wildman–Crippen LogP) is 4.14. The molecule has 2 aromatic rings. The molecule has 0 fully saturated rings. The first-order chi connectivity index (χ1) is 9.40. The maximum Gasteiger partial charge on any atom is 0.277 e. The second-order valence-corrected chi connectivity index (χ2v) is 5.56. The minimum atomic E-state index is -0.504. The number of carbonyl (C=O) groups excluding carboxylic acids is 1. The number of anilines is 1. The second kappa shape index (κ2) is 5.99. The lowest BCUT2D eigenvalue weighted by Gasteiger charge is -2.05. The molecule has 0 saturated carbocycles. The SMILES string of the molecule is CC(C)c1cc(NC(=O)c2ncc(Cl)c(Cl)c2Cl)n[nH]1. The average Bonchev–Trinajstić information content (AvgIpc) is 2.84. The molecule has 0 spiro atoms. The summed E-state index contributed by atoms with van der Waals surface area (Å²) in [6.45, 7) is 4.02. The van der Waals surface area contributed by atoms with Gasteiger partial charge in [-0.05, 0) is 5.92 Å². The van der Waals surface area contributed by atoms with Gasteiger partial charge in [-0.25, -0.2) is 4.98 Å². The molecular weight excluding hydrogens is 323 g/mol. The Balaban J connectivity index is 2.22. The minimum Gasteiger partial charge on any atom is -0.304 e. The number of nitrogens with zero attached hydrogens (tertiary/aromatic N) is 2. The van der Waals surface area contributed by atoms with E-state index in [0.717, 1.165) is 5.69 Å². The summed E-state index contributed by atoms with van der Waals surface area (Å²) in [6.07, 6.45) is 1.27. The molecule has 0 aromatic carbocycles. The molecule has 0 aliphatic rings. The monoisotopic (exact) mass is 332 g/mol. The van der Waals surface area contributed by atoms with Crippen molar-refractivity contribution < 1.29 is 4.79 Å². The van der Waals surface area contributed by atoms with Crippen molar-refractivity contribution in [2.24, 2.45) is 0 Å². The Morgan fingerprint density at radius 3 is 2.60 bits per heavy atom. The van der Waals surface area contributed by atoms with Gasteiger partial charge in [-0.15, -0.1) is 0 Å². The lowest BCUT2D eigenvalue weighted by molar-refractivity contribution is 0.102. The predicted molar refractivity (Wildman–Crippen MR) is 79.9 cm³/mol. The van der Waals surface area contributed by atoms with Gasteiger partial charge >= 0.3 is 0 Å². The van der Waals surface area contributed by atoms with E-state index in [1.807, 2.05) is 13.8 Å². The van der Waals surface area contributed by atoms with Gasteiger partial charge < -0.3 is 5.32 Å². The van der Waals surface area contributed by atoms with Crippen molar-refractivity contribution in [3.63, 3.8) is 0 Å². The zero-order chi connectivity index (χ0) is 14.9. The Bertz CT molecular complexity index is 654. The van der Waals surface area contributed by atoms with Gasteiger partial charge in [0.05, 0.1) is 15.1 Å². The van der Waals surface area contributed by atoms with E-state index in [9.17, 15) is 4.79 Å². The third-order valence-electron chi connectivity index (χ3n) is 2.59. The number of halogens is 3. The Morgan fingerprint density at radius 1 is 1.30 bits per heavy atom. The van der Waals surface area contributed by atoms with Gasteiger partial charge in [0, 0.05) is 18.0 Å². The number of carbonyl (C=O) groups is 1. The van der Waals surface area contributed by atoms with Crippen LogP contribution in [0.4, 0.5) is 5.82 Å². The van der Waals surface area contributed by atoms with Crippen molar-refractivity contribution in [2.45, 2.75) is 19.8 Å². The average molecular weight is 334 g/mol. The molecule has 0 aliphatic heterocycles. The number of amides is 1. The normalized spacial score (nSPS) is 10.9. The third-order valence-corrected chi connectivity index (χ3v) is 3.83. The smallest absolute Gasteiger partial charge is 0.277 e. The first kappa shape index (κ1) is 15.1. The highest BCUT2D eigenvalue weighted by Gasteiger charge is 2.18. The summed E-state index contributed by atoms with van der Waals surface area (Å²) in [7, 11) is 0. The van der Waals surface area contributed by atoms with Crippen molar-refractivity contribution in [3.05, 3.63) is 38.7 Å². The fourth-order valence-electron chi connectivity index (χ4n) is 1.47. The Kier molecular flexibility index (Phi) is 4.52. The molecule has 2 heterocycles. The van der Waals surface area contributed by atoms with Gasteiger partial charge in [0.15, 0.2) is 5.82 Å². The number of hydrogen-bond acceptors (Lipinski definition) is 3. The minimum absolute atomic E-state index is 0.00448. The van der Waals surface area contributed by atoms with Crippen molar-refractivity contribution in [2.75, 3.05) is 5.32 Å². The highest BCUT2D eigenvalue weighted by molar-refractivity contribution is 6.49. The molecule has 0 unspecified atom stereocenters. The quantitative estimate of drug-likeness (QED) is 0.886. The first-order valence-electron chi connectivity index (χ1n) is 5.76. The number of pyridine rings is 1. The van der Waals surface area contributed by atoms with E-state index in [-0.39, 0.29) is 26.7 Å². The van der Waals surface area contributed by atoms with Gasteiger partial charge in [-0.2, -0.15) is 5.10 Å². The molecule has 0 saturated heterocycles. The van der Waals surface area contributed by atoms with Crippen molar-refractivity contribution >= 4 is 46.5 Å². The molecule has 20 heavy (non-hydrogen) atoms. The number of aromatic nitrogens is 3. The summed E-state index contributed by atoms with van der Waals surface area (Å²) in [5.41, 5.74) is 0.906.